The van der Waals surface area contributed by atoms with Crippen molar-refractivity contribution < 1.29 is 18.0 Å². The van der Waals surface area contributed by atoms with Crippen LogP contribution in [0.4, 0.5) is 13.2 Å². The SMILES string of the molecule is CC(C)NC(=O)c1cnn2c(C(F)(F)F)cc(-c3ccccc3)nc12. The highest BCUT2D eigenvalue weighted by atomic mass is 19.4. The van der Waals surface area contributed by atoms with Crippen LogP contribution in [0.15, 0.2) is 42.6 Å². The van der Waals surface area contributed by atoms with Gasteiger partial charge in [-0.1, -0.05) is 30.3 Å². The average Bonchev–Trinajstić information content (AvgIpc) is 2.97. The first-order valence-corrected chi connectivity index (χ1v) is 7.59. The molecule has 130 valence electrons. The van der Waals surface area contributed by atoms with Crippen molar-refractivity contribution in [2.45, 2.75) is 26.1 Å². The minimum atomic E-state index is -4.64. The van der Waals surface area contributed by atoms with Crippen LogP contribution < -0.4 is 5.32 Å². The normalized spacial score (nSPS) is 11.9. The zero-order chi connectivity index (χ0) is 18.2. The van der Waals surface area contributed by atoms with Gasteiger partial charge in [-0.05, 0) is 19.9 Å². The lowest BCUT2D eigenvalue weighted by Crippen LogP contribution is -2.30. The fourth-order valence-electron chi connectivity index (χ4n) is 2.42. The summed E-state index contributed by atoms with van der Waals surface area (Å²) in [6.07, 6.45) is -3.54. The van der Waals surface area contributed by atoms with Crippen LogP contribution in [0, 0.1) is 0 Å². The number of carbonyl (C=O) groups is 1. The van der Waals surface area contributed by atoms with Crippen molar-refractivity contribution in [2.24, 2.45) is 0 Å². The minimum Gasteiger partial charge on any atom is -0.350 e. The molecule has 3 aromatic rings. The third kappa shape index (κ3) is 3.33. The number of benzene rings is 1. The number of alkyl halides is 3. The lowest BCUT2D eigenvalue weighted by Gasteiger charge is -2.12. The predicted molar refractivity (Wildman–Crippen MR) is 86.0 cm³/mol. The predicted octanol–water partition coefficient (Wildman–Crippen LogP) is 3.55. The Bertz CT molecular complexity index is 917. The van der Waals surface area contributed by atoms with Gasteiger partial charge < -0.3 is 5.32 Å². The monoisotopic (exact) mass is 348 g/mol. The number of aromatic nitrogens is 3. The second-order valence-electron chi connectivity index (χ2n) is 5.81. The van der Waals surface area contributed by atoms with Crippen molar-refractivity contribution in [1.29, 1.82) is 0 Å². The Hall–Kier alpha value is -2.90. The van der Waals surface area contributed by atoms with E-state index in [1.54, 1.807) is 44.2 Å². The molecule has 0 aliphatic carbocycles. The Morgan fingerprint density at radius 1 is 1.20 bits per heavy atom. The second kappa shape index (κ2) is 6.19. The number of nitrogens with zero attached hydrogens (tertiary/aromatic N) is 3. The molecule has 8 heteroatoms. The van der Waals surface area contributed by atoms with Crippen molar-refractivity contribution in [3.05, 3.63) is 53.9 Å². The topological polar surface area (TPSA) is 59.3 Å². The van der Waals surface area contributed by atoms with Gasteiger partial charge in [0.05, 0.1) is 11.9 Å². The van der Waals surface area contributed by atoms with Gasteiger partial charge in [0.25, 0.3) is 5.91 Å². The van der Waals surface area contributed by atoms with Crippen molar-refractivity contribution in [3.63, 3.8) is 0 Å². The minimum absolute atomic E-state index is 0.00280. The first kappa shape index (κ1) is 16.9. The van der Waals surface area contributed by atoms with Crippen molar-refractivity contribution in [3.8, 4) is 11.3 Å². The number of amides is 1. The van der Waals surface area contributed by atoms with E-state index in [0.717, 1.165) is 12.3 Å². The summed E-state index contributed by atoms with van der Waals surface area (Å²) < 4.78 is 41.0. The summed E-state index contributed by atoms with van der Waals surface area (Å²) in [7, 11) is 0. The molecule has 0 radical (unpaired) electrons. The standard InChI is InChI=1S/C17H15F3N4O/c1-10(2)22-16(25)12-9-21-24-14(17(18,19)20)8-13(23-15(12)24)11-6-4-3-5-7-11/h3-10H,1-2H3,(H,22,25). The van der Waals surface area contributed by atoms with Crippen LogP contribution in [0.5, 0.6) is 0 Å². The van der Waals surface area contributed by atoms with E-state index in [1.165, 1.54) is 0 Å². The first-order valence-electron chi connectivity index (χ1n) is 7.59. The van der Waals surface area contributed by atoms with Gasteiger partial charge in [-0.3, -0.25) is 4.79 Å². The van der Waals surface area contributed by atoms with Crippen LogP contribution in [0.1, 0.15) is 29.9 Å². The molecule has 5 nitrogen and oxygen atoms in total. The lowest BCUT2D eigenvalue weighted by atomic mass is 10.1. The highest BCUT2D eigenvalue weighted by Gasteiger charge is 2.36. The van der Waals surface area contributed by atoms with Crippen molar-refractivity contribution >= 4 is 11.6 Å². The summed E-state index contributed by atoms with van der Waals surface area (Å²) in [6, 6.07) is 9.25. The Labute approximate surface area is 141 Å². The molecule has 0 unspecified atom stereocenters. The van der Waals surface area contributed by atoms with Gasteiger partial charge >= 0.3 is 6.18 Å². The molecule has 1 amide bonds. The molecule has 0 aliphatic heterocycles. The molecule has 0 bridgehead atoms. The van der Waals surface area contributed by atoms with Crippen LogP contribution in [0.25, 0.3) is 16.9 Å². The number of hydrogen-bond donors (Lipinski definition) is 1. The molecule has 0 atom stereocenters. The van der Waals surface area contributed by atoms with Crippen LogP contribution in [0.3, 0.4) is 0 Å². The van der Waals surface area contributed by atoms with E-state index in [1.807, 2.05) is 0 Å². The summed E-state index contributed by atoms with van der Waals surface area (Å²) >= 11 is 0. The third-order valence-corrected chi connectivity index (χ3v) is 3.50. The number of carbonyl (C=O) groups excluding carboxylic acids is 1. The van der Waals surface area contributed by atoms with E-state index in [2.05, 4.69) is 15.4 Å². The number of halogens is 3. The smallest absolute Gasteiger partial charge is 0.350 e. The van der Waals surface area contributed by atoms with Crippen LogP contribution in [-0.4, -0.2) is 26.5 Å². The van der Waals surface area contributed by atoms with Gasteiger partial charge in [0.2, 0.25) is 0 Å². The second-order valence-corrected chi connectivity index (χ2v) is 5.81. The number of hydrogen-bond acceptors (Lipinski definition) is 3. The Kier molecular flexibility index (Phi) is 4.20. The van der Waals surface area contributed by atoms with Gasteiger partial charge in [0.1, 0.15) is 5.56 Å². The summed E-state index contributed by atoms with van der Waals surface area (Å²) in [5.74, 6) is -0.518. The van der Waals surface area contributed by atoms with Gasteiger partial charge in [-0.15, -0.1) is 0 Å². The Balaban J connectivity index is 2.25. The molecule has 1 N–H and O–H groups in total. The fourth-order valence-corrected chi connectivity index (χ4v) is 2.42. The van der Waals surface area contributed by atoms with Crippen LogP contribution >= 0.6 is 0 Å². The first-order chi connectivity index (χ1) is 11.8. The summed E-state index contributed by atoms with van der Waals surface area (Å²) in [5.41, 5.74) is -0.477. The molecule has 1 aromatic carbocycles. The Morgan fingerprint density at radius 3 is 2.48 bits per heavy atom. The number of rotatable bonds is 3. The molecule has 0 saturated heterocycles. The highest BCUT2D eigenvalue weighted by molar-refractivity contribution is 6.00. The molecule has 25 heavy (non-hydrogen) atoms. The maximum Gasteiger partial charge on any atom is 0.433 e. The molecular weight excluding hydrogens is 333 g/mol. The van der Waals surface area contributed by atoms with E-state index >= 15 is 0 Å². The third-order valence-electron chi connectivity index (χ3n) is 3.50. The highest BCUT2D eigenvalue weighted by Crippen LogP contribution is 2.32. The van der Waals surface area contributed by atoms with Gasteiger partial charge in [0.15, 0.2) is 11.3 Å². The lowest BCUT2D eigenvalue weighted by molar-refractivity contribution is -0.142. The van der Waals surface area contributed by atoms with Crippen LogP contribution in [0.2, 0.25) is 0 Å². The summed E-state index contributed by atoms with van der Waals surface area (Å²) in [5, 5.41) is 6.36. The van der Waals surface area contributed by atoms with Gasteiger partial charge in [-0.25, -0.2) is 9.50 Å². The largest absolute Gasteiger partial charge is 0.433 e. The summed E-state index contributed by atoms with van der Waals surface area (Å²) in [6.45, 7) is 3.52. The van der Waals surface area contributed by atoms with E-state index in [4.69, 9.17) is 0 Å². The number of fused-ring (bicyclic) bond motifs is 1. The van der Waals surface area contributed by atoms with Crippen molar-refractivity contribution in [2.75, 3.05) is 0 Å². The number of nitrogens with one attached hydrogen (secondary N) is 1. The van der Waals surface area contributed by atoms with Gasteiger partial charge in [-0.2, -0.15) is 18.3 Å². The van der Waals surface area contributed by atoms with E-state index in [9.17, 15) is 18.0 Å². The Morgan fingerprint density at radius 2 is 1.88 bits per heavy atom. The molecule has 0 fully saturated rings. The molecular formula is C17H15F3N4O. The molecule has 0 saturated carbocycles. The molecule has 2 aromatic heterocycles. The zero-order valence-electron chi connectivity index (χ0n) is 13.5. The van der Waals surface area contributed by atoms with Crippen molar-refractivity contribution in [1.82, 2.24) is 19.9 Å². The maximum atomic E-state index is 13.4. The zero-order valence-corrected chi connectivity index (χ0v) is 13.5. The average molecular weight is 348 g/mol. The molecule has 0 spiro atoms. The molecule has 3 rings (SSSR count). The van der Waals surface area contributed by atoms with Gasteiger partial charge in [0, 0.05) is 11.6 Å². The summed E-state index contributed by atoms with van der Waals surface area (Å²) in [4.78, 5) is 16.5. The fraction of sp³-hybridized carbons (Fsp3) is 0.235. The van der Waals surface area contributed by atoms with E-state index < -0.39 is 17.8 Å². The molecule has 2 heterocycles. The van der Waals surface area contributed by atoms with E-state index in [0.29, 0.717) is 10.1 Å². The quantitative estimate of drug-likeness (QED) is 0.787. The molecule has 0 aliphatic rings. The van der Waals surface area contributed by atoms with E-state index in [-0.39, 0.29) is 22.9 Å². The maximum absolute atomic E-state index is 13.4. The van der Waals surface area contributed by atoms with Crippen LogP contribution in [-0.2, 0) is 6.18 Å².